The number of benzene rings is 2. The average molecular weight is 277 g/mol. The van der Waals surface area contributed by atoms with E-state index in [2.05, 4.69) is 5.32 Å². The van der Waals surface area contributed by atoms with Crippen molar-refractivity contribution >= 4 is 40.2 Å². The summed E-state index contributed by atoms with van der Waals surface area (Å²) < 4.78 is 0. The summed E-state index contributed by atoms with van der Waals surface area (Å²) in [5, 5.41) is 3.92. The van der Waals surface area contributed by atoms with E-state index in [0.717, 1.165) is 22.5 Å². The molecule has 0 radical (unpaired) electrons. The first-order chi connectivity index (χ1) is 8.58. The molecule has 0 saturated carbocycles. The first-order valence-electron chi connectivity index (χ1n) is 5.50. The van der Waals surface area contributed by atoms with Gasteiger partial charge < -0.3 is 11.1 Å². The van der Waals surface area contributed by atoms with Gasteiger partial charge in [0, 0.05) is 11.3 Å². The second kappa shape index (κ2) is 5.38. The van der Waals surface area contributed by atoms with Gasteiger partial charge in [-0.3, -0.25) is 0 Å². The zero-order chi connectivity index (χ0) is 13.1. The lowest BCUT2D eigenvalue weighted by Gasteiger charge is -2.13. The van der Waals surface area contributed by atoms with Gasteiger partial charge in [-0.05, 0) is 36.8 Å². The number of thiocarbonyl (C=S) groups is 1. The van der Waals surface area contributed by atoms with Gasteiger partial charge in [-0.25, -0.2) is 0 Å². The molecule has 2 nitrogen and oxygen atoms in total. The van der Waals surface area contributed by atoms with Crippen molar-refractivity contribution in [2.75, 3.05) is 5.32 Å². The van der Waals surface area contributed by atoms with Gasteiger partial charge in [0.25, 0.3) is 0 Å². The molecule has 0 fully saturated rings. The third-order valence-corrected chi connectivity index (χ3v) is 3.13. The number of hydrogen-bond acceptors (Lipinski definition) is 2. The first kappa shape index (κ1) is 12.9. The van der Waals surface area contributed by atoms with Crippen LogP contribution in [0, 0.1) is 6.92 Å². The van der Waals surface area contributed by atoms with Crippen LogP contribution in [0.15, 0.2) is 42.5 Å². The molecule has 0 saturated heterocycles. The highest BCUT2D eigenvalue weighted by Crippen LogP contribution is 2.27. The van der Waals surface area contributed by atoms with Crippen molar-refractivity contribution in [2.45, 2.75) is 6.92 Å². The highest BCUT2D eigenvalue weighted by Gasteiger charge is 2.07. The zero-order valence-corrected chi connectivity index (χ0v) is 11.5. The molecule has 0 aliphatic carbocycles. The molecule has 0 spiro atoms. The van der Waals surface area contributed by atoms with Gasteiger partial charge in [-0.2, -0.15) is 0 Å². The van der Waals surface area contributed by atoms with Gasteiger partial charge in [0.05, 0.1) is 10.7 Å². The topological polar surface area (TPSA) is 38.0 Å². The molecule has 0 atom stereocenters. The van der Waals surface area contributed by atoms with Gasteiger partial charge in [0.15, 0.2) is 0 Å². The fraction of sp³-hybridized carbons (Fsp3) is 0.0714. The van der Waals surface area contributed by atoms with Crippen LogP contribution in [-0.2, 0) is 0 Å². The van der Waals surface area contributed by atoms with Gasteiger partial charge >= 0.3 is 0 Å². The van der Waals surface area contributed by atoms with E-state index in [1.54, 1.807) is 0 Å². The molecule has 2 rings (SSSR count). The Morgan fingerprint density at radius 1 is 1.17 bits per heavy atom. The SMILES string of the molecule is Cc1ccc(C(N)=S)c(Nc2ccccc2Cl)c1. The molecule has 0 aliphatic rings. The number of aryl methyl sites for hydroxylation is 1. The summed E-state index contributed by atoms with van der Waals surface area (Å²) in [5.74, 6) is 0. The Bertz CT molecular complexity index is 596. The van der Waals surface area contributed by atoms with Crippen molar-refractivity contribution in [1.29, 1.82) is 0 Å². The van der Waals surface area contributed by atoms with Crippen LogP contribution in [0.25, 0.3) is 0 Å². The smallest absolute Gasteiger partial charge is 0.106 e. The Hall–Kier alpha value is -1.58. The van der Waals surface area contributed by atoms with E-state index in [0.29, 0.717) is 10.0 Å². The Balaban J connectivity index is 2.42. The van der Waals surface area contributed by atoms with E-state index in [-0.39, 0.29) is 0 Å². The third kappa shape index (κ3) is 2.81. The van der Waals surface area contributed by atoms with Crippen LogP contribution in [-0.4, -0.2) is 4.99 Å². The molecule has 0 amide bonds. The van der Waals surface area contributed by atoms with Crippen molar-refractivity contribution in [3.05, 3.63) is 58.6 Å². The lowest BCUT2D eigenvalue weighted by Crippen LogP contribution is -2.12. The normalized spacial score (nSPS) is 10.1. The van der Waals surface area contributed by atoms with Crippen LogP contribution in [0.1, 0.15) is 11.1 Å². The number of rotatable bonds is 3. The number of anilines is 2. The number of halogens is 1. The lowest BCUT2D eigenvalue weighted by atomic mass is 10.1. The Morgan fingerprint density at radius 2 is 1.89 bits per heavy atom. The van der Waals surface area contributed by atoms with E-state index in [4.69, 9.17) is 29.6 Å². The summed E-state index contributed by atoms with van der Waals surface area (Å²) >= 11 is 11.2. The van der Waals surface area contributed by atoms with Crippen LogP contribution in [0.3, 0.4) is 0 Å². The van der Waals surface area contributed by atoms with Crippen LogP contribution < -0.4 is 11.1 Å². The molecule has 18 heavy (non-hydrogen) atoms. The van der Waals surface area contributed by atoms with E-state index in [1.165, 1.54) is 0 Å². The molecule has 0 aromatic heterocycles. The second-order valence-corrected chi connectivity index (χ2v) is 4.87. The number of hydrogen-bond donors (Lipinski definition) is 2. The molecule has 0 aliphatic heterocycles. The fourth-order valence-electron chi connectivity index (χ4n) is 1.68. The Kier molecular flexibility index (Phi) is 3.84. The van der Waals surface area contributed by atoms with E-state index in [1.807, 2.05) is 49.4 Å². The maximum atomic E-state index is 6.12. The van der Waals surface area contributed by atoms with Crippen LogP contribution in [0.4, 0.5) is 11.4 Å². The second-order valence-electron chi connectivity index (χ2n) is 4.02. The first-order valence-corrected chi connectivity index (χ1v) is 6.28. The van der Waals surface area contributed by atoms with E-state index < -0.39 is 0 Å². The zero-order valence-electron chi connectivity index (χ0n) is 9.91. The summed E-state index contributed by atoms with van der Waals surface area (Å²) in [6, 6.07) is 13.4. The molecule has 92 valence electrons. The molecular formula is C14H13ClN2S. The largest absolute Gasteiger partial charge is 0.389 e. The Labute approximate surface area is 117 Å². The monoisotopic (exact) mass is 276 g/mol. The standard InChI is InChI=1S/C14H13ClN2S/c1-9-6-7-10(14(16)18)13(8-9)17-12-5-3-2-4-11(12)15/h2-8,17H,1H3,(H2,16,18). The lowest BCUT2D eigenvalue weighted by molar-refractivity contribution is 1.43. The van der Waals surface area contributed by atoms with Gasteiger partial charge in [0.2, 0.25) is 0 Å². The van der Waals surface area contributed by atoms with Crippen molar-refractivity contribution in [2.24, 2.45) is 5.73 Å². The van der Waals surface area contributed by atoms with Crippen LogP contribution >= 0.6 is 23.8 Å². The molecule has 4 heteroatoms. The van der Waals surface area contributed by atoms with Crippen molar-refractivity contribution in [1.82, 2.24) is 0 Å². The summed E-state index contributed by atoms with van der Waals surface area (Å²) in [6.45, 7) is 2.02. The van der Waals surface area contributed by atoms with E-state index in [9.17, 15) is 0 Å². The van der Waals surface area contributed by atoms with Crippen molar-refractivity contribution in [3.63, 3.8) is 0 Å². The Morgan fingerprint density at radius 3 is 2.56 bits per heavy atom. The summed E-state index contributed by atoms with van der Waals surface area (Å²) in [5.41, 5.74) is 9.37. The summed E-state index contributed by atoms with van der Waals surface area (Å²) in [7, 11) is 0. The van der Waals surface area contributed by atoms with Gasteiger partial charge in [0.1, 0.15) is 4.99 Å². The van der Waals surface area contributed by atoms with Crippen LogP contribution in [0.5, 0.6) is 0 Å². The van der Waals surface area contributed by atoms with Crippen molar-refractivity contribution in [3.8, 4) is 0 Å². The predicted molar refractivity (Wildman–Crippen MR) is 81.8 cm³/mol. The molecule has 3 N–H and O–H groups in total. The van der Waals surface area contributed by atoms with Crippen molar-refractivity contribution < 1.29 is 0 Å². The minimum atomic E-state index is 0.365. The molecule has 0 bridgehead atoms. The average Bonchev–Trinajstić information content (AvgIpc) is 2.32. The fourth-order valence-corrected chi connectivity index (χ4v) is 2.05. The summed E-state index contributed by atoms with van der Waals surface area (Å²) in [4.78, 5) is 0.365. The quantitative estimate of drug-likeness (QED) is 0.832. The molecule has 2 aromatic carbocycles. The third-order valence-electron chi connectivity index (χ3n) is 2.58. The molecule has 0 heterocycles. The molecule has 0 unspecified atom stereocenters. The minimum absolute atomic E-state index is 0.365. The number of nitrogens with one attached hydrogen (secondary N) is 1. The number of para-hydroxylation sites is 1. The predicted octanol–water partition coefficient (Wildman–Crippen LogP) is 4.03. The molecule has 2 aromatic rings. The van der Waals surface area contributed by atoms with E-state index >= 15 is 0 Å². The van der Waals surface area contributed by atoms with Gasteiger partial charge in [-0.1, -0.05) is 42.0 Å². The highest BCUT2D eigenvalue weighted by molar-refractivity contribution is 7.80. The maximum Gasteiger partial charge on any atom is 0.106 e. The summed E-state index contributed by atoms with van der Waals surface area (Å²) in [6.07, 6.45) is 0. The minimum Gasteiger partial charge on any atom is -0.389 e. The highest BCUT2D eigenvalue weighted by atomic mass is 35.5. The maximum absolute atomic E-state index is 6.12. The molecular weight excluding hydrogens is 264 g/mol. The van der Waals surface area contributed by atoms with Gasteiger partial charge in [-0.15, -0.1) is 0 Å². The number of nitrogens with two attached hydrogens (primary N) is 1. The van der Waals surface area contributed by atoms with Crippen LogP contribution in [0.2, 0.25) is 5.02 Å².